The van der Waals surface area contributed by atoms with Gasteiger partial charge in [0.25, 0.3) is 5.91 Å². The lowest BCUT2D eigenvalue weighted by molar-refractivity contribution is -0.138. The van der Waals surface area contributed by atoms with Crippen molar-refractivity contribution in [1.82, 2.24) is 20.1 Å². The highest BCUT2D eigenvalue weighted by molar-refractivity contribution is 5.93. The van der Waals surface area contributed by atoms with Gasteiger partial charge in [-0.3, -0.25) is 9.59 Å². The normalized spacial score (nSPS) is 12.2. The molecule has 0 spiro atoms. The largest absolute Gasteiger partial charge is 0.480 e. The minimum atomic E-state index is -1.11. The Morgan fingerprint density at radius 3 is 2.48 bits per heavy atom. The Morgan fingerprint density at radius 1 is 1.22 bits per heavy atom. The van der Waals surface area contributed by atoms with Crippen molar-refractivity contribution >= 4 is 11.9 Å². The molecule has 0 aliphatic heterocycles. The lowest BCUT2D eigenvalue weighted by atomic mass is 10.0. The molecule has 7 nitrogen and oxygen atoms in total. The summed E-state index contributed by atoms with van der Waals surface area (Å²) in [6.07, 6.45) is 0. The van der Waals surface area contributed by atoms with Gasteiger partial charge in [0, 0.05) is 0 Å². The number of carbonyl (C=O) groups excluding carboxylic acids is 1. The number of rotatable bonds is 5. The molecule has 0 aliphatic carbocycles. The fourth-order valence-electron chi connectivity index (χ4n) is 2.21. The van der Waals surface area contributed by atoms with Crippen LogP contribution >= 0.6 is 0 Å². The van der Waals surface area contributed by atoms with Crippen LogP contribution in [0.15, 0.2) is 24.3 Å². The van der Waals surface area contributed by atoms with Crippen molar-refractivity contribution in [2.45, 2.75) is 39.7 Å². The van der Waals surface area contributed by atoms with E-state index in [4.69, 9.17) is 5.11 Å². The fraction of sp³-hybridized carbons (Fsp3) is 0.375. The van der Waals surface area contributed by atoms with Crippen LogP contribution in [0.1, 0.15) is 48.7 Å². The van der Waals surface area contributed by atoms with Crippen molar-refractivity contribution < 1.29 is 14.7 Å². The van der Waals surface area contributed by atoms with Crippen LogP contribution in [-0.4, -0.2) is 37.8 Å². The van der Waals surface area contributed by atoms with Crippen LogP contribution in [0.3, 0.4) is 0 Å². The number of benzene rings is 1. The van der Waals surface area contributed by atoms with E-state index in [1.807, 2.05) is 24.3 Å². The molecule has 2 aromatic rings. The molecule has 122 valence electrons. The van der Waals surface area contributed by atoms with E-state index in [9.17, 15) is 9.59 Å². The summed E-state index contributed by atoms with van der Waals surface area (Å²) in [5.74, 6) is -0.914. The predicted octanol–water partition coefficient (Wildman–Crippen LogP) is 1.90. The number of hydrogen-bond donors (Lipinski definition) is 2. The van der Waals surface area contributed by atoms with Crippen LogP contribution in [0.2, 0.25) is 0 Å². The first kappa shape index (κ1) is 16.7. The van der Waals surface area contributed by atoms with Crippen molar-refractivity contribution in [2.24, 2.45) is 0 Å². The van der Waals surface area contributed by atoms with Gasteiger partial charge in [-0.2, -0.15) is 0 Å². The number of amides is 1. The molecular weight excluding hydrogens is 296 g/mol. The van der Waals surface area contributed by atoms with Gasteiger partial charge in [0.2, 0.25) is 5.82 Å². The molecule has 2 rings (SSSR count). The molecule has 0 aliphatic rings. The average molecular weight is 316 g/mol. The Labute approximate surface area is 134 Å². The third-order valence-electron chi connectivity index (χ3n) is 3.48. The highest BCUT2D eigenvalue weighted by Crippen LogP contribution is 2.23. The monoisotopic (exact) mass is 316 g/mol. The van der Waals surface area contributed by atoms with Gasteiger partial charge in [-0.25, -0.2) is 9.67 Å². The Kier molecular flexibility index (Phi) is 4.78. The summed E-state index contributed by atoms with van der Waals surface area (Å²) in [5, 5.41) is 15.4. The van der Waals surface area contributed by atoms with E-state index in [0.717, 1.165) is 11.3 Å². The van der Waals surface area contributed by atoms with Crippen molar-refractivity contribution in [3.63, 3.8) is 0 Å². The summed E-state index contributed by atoms with van der Waals surface area (Å²) in [6, 6.07) is 6.77. The van der Waals surface area contributed by atoms with E-state index in [2.05, 4.69) is 29.2 Å². The van der Waals surface area contributed by atoms with Gasteiger partial charge in [0.05, 0.1) is 5.69 Å². The minimum absolute atomic E-state index is 0.0471. The second-order valence-corrected chi connectivity index (χ2v) is 5.64. The molecule has 23 heavy (non-hydrogen) atoms. The van der Waals surface area contributed by atoms with Gasteiger partial charge < -0.3 is 10.4 Å². The molecule has 0 bridgehead atoms. The SMILES string of the molecule is Cc1nc(C(=O)NC(C)C(=O)O)nn1-c1ccccc1C(C)C. The number of aryl methyl sites for hydroxylation is 1. The van der Waals surface area contributed by atoms with Crippen molar-refractivity contribution in [3.8, 4) is 5.69 Å². The Balaban J connectivity index is 2.36. The molecule has 7 heteroatoms. The van der Waals surface area contributed by atoms with E-state index in [1.54, 1.807) is 11.6 Å². The van der Waals surface area contributed by atoms with Crippen LogP contribution < -0.4 is 5.32 Å². The molecule has 0 radical (unpaired) electrons. The van der Waals surface area contributed by atoms with Crippen LogP contribution in [0, 0.1) is 6.92 Å². The zero-order valence-electron chi connectivity index (χ0n) is 13.6. The molecule has 0 saturated heterocycles. The van der Waals surface area contributed by atoms with Gasteiger partial charge >= 0.3 is 5.97 Å². The van der Waals surface area contributed by atoms with Crippen LogP contribution in [0.25, 0.3) is 5.69 Å². The first-order valence-electron chi connectivity index (χ1n) is 7.38. The van der Waals surface area contributed by atoms with Crippen molar-refractivity contribution in [1.29, 1.82) is 0 Å². The maximum Gasteiger partial charge on any atom is 0.325 e. The highest BCUT2D eigenvalue weighted by atomic mass is 16.4. The van der Waals surface area contributed by atoms with Gasteiger partial charge in [-0.15, -0.1) is 5.10 Å². The summed E-state index contributed by atoms with van der Waals surface area (Å²) in [5.41, 5.74) is 1.95. The van der Waals surface area contributed by atoms with Crippen LogP contribution in [0.5, 0.6) is 0 Å². The summed E-state index contributed by atoms with van der Waals surface area (Å²) < 4.78 is 1.61. The molecule has 1 amide bonds. The summed E-state index contributed by atoms with van der Waals surface area (Å²) in [7, 11) is 0. The number of aliphatic carboxylic acids is 1. The highest BCUT2D eigenvalue weighted by Gasteiger charge is 2.21. The molecule has 0 saturated carbocycles. The van der Waals surface area contributed by atoms with E-state index in [-0.39, 0.29) is 5.82 Å². The Morgan fingerprint density at radius 2 is 1.87 bits per heavy atom. The number of nitrogens with one attached hydrogen (secondary N) is 1. The Hall–Kier alpha value is -2.70. The molecule has 1 atom stereocenters. The topological polar surface area (TPSA) is 97.1 Å². The number of hydrogen-bond acceptors (Lipinski definition) is 4. The first-order chi connectivity index (χ1) is 10.8. The Bertz CT molecular complexity index is 737. The molecule has 1 unspecified atom stereocenters. The van der Waals surface area contributed by atoms with Gasteiger partial charge in [0.15, 0.2) is 0 Å². The number of carboxylic acid groups (broad SMARTS) is 1. The summed E-state index contributed by atoms with van der Waals surface area (Å²) in [4.78, 5) is 27.0. The minimum Gasteiger partial charge on any atom is -0.480 e. The molecule has 1 aromatic heterocycles. The number of nitrogens with zero attached hydrogens (tertiary/aromatic N) is 3. The van der Waals surface area contributed by atoms with E-state index >= 15 is 0 Å². The number of carbonyl (C=O) groups is 2. The van der Waals surface area contributed by atoms with E-state index in [0.29, 0.717) is 11.7 Å². The third kappa shape index (κ3) is 3.56. The zero-order chi connectivity index (χ0) is 17.1. The summed E-state index contributed by atoms with van der Waals surface area (Å²) >= 11 is 0. The lowest BCUT2D eigenvalue weighted by Gasteiger charge is -2.12. The zero-order valence-corrected chi connectivity index (χ0v) is 13.6. The fourth-order valence-corrected chi connectivity index (χ4v) is 2.21. The van der Waals surface area contributed by atoms with Gasteiger partial charge in [-0.1, -0.05) is 32.0 Å². The lowest BCUT2D eigenvalue weighted by Crippen LogP contribution is -2.38. The van der Waals surface area contributed by atoms with Crippen LogP contribution in [-0.2, 0) is 4.79 Å². The smallest absolute Gasteiger partial charge is 0.325 e. The maximum absolute atomic E-state index is 12.1. The standard InChI is InChI=1S/C16H20N4O3/c1-9(2)12-7-5-6-8-13(12)20-11(4)18-14(19-20)15(21)17-10(3)16(22)23/h5-10H,1-4H3,(H,17,21)(H,22,23). The molecule has 0 fully saturated rings. The second-order valence-electron chi connectivity index (χ2n) is 5.64. The van der Waals surface area contributed by atoms with E-state index < -0.39 is 17.9 Å². The molecular formula is C16H20N4O3. The number of carboxylic acids is 1. The average Bonchev–Trinajstić information content (AvgIpc) is 2.89. The first-order valence-corrected chi connectivity index (χ1v) is 7.38. The van der Waals surface area contributed by atoms with Crippen molar-refractivity contribution in [3.05, 3.63) is 41.5 Å². The van der Waals surface area contributed by atoms with Gasteiger partial charge in [-0.05, 0) is 31.4 Å². The second kappa shape index (κ2) is 6.60. The summed E-state index contributed by atoms with van der Waals surface area (Å²) in [6.45, 7) is 7.29. The number of para-hydroxylation sites is 1. The molecule has 2 N–H and O–H groups in total. The van der Waals surface area contributed by atoms with Gasteiger partial charge in [0.1, 0.15) is 11.9 Å². The number of aromatic nitrogens is 3. The molecule has 1 heterocycles. The predicted molar refractivity (Wildman–Crippen MR) is 84.7 cm³/mol. The van der Waals surface area contributed by atoms with E-state index in [1.165, 1.54) is 6.92 Å². The third-order valence-corrected chi connectivity index (χ3v) is 3.48. The maximum atomic E-state index is 12.1. The molecule has 1 aromatic carbocycles. The van der Waals surface area contributed by atoms with Crippen LogP contribution in [0.4, 0.5) is 0 Å². The van der Waals surface area contributed by atoms with Crippen molar-refractivity contribution in [2.75, 3.05) is 0 Å². The quantitative estimate of drug-likeness (QED) is 0.878.